The minimum absolute atomic E-state index is 0.104. The molecule has 0 spiro atoms. The summed E-state index contributed by atoms with van der Waals surface area (Å²) in [5, 5.41) is 24.6. The van der Waals surface area contributed by atoms with Gasteiger partial charge in [0, 0.05) is 18.8 Å². The Bertz CT molecular complexity index is 544. The zero-order valence-electron chi connectivity index (χ0n) is 12.1. The number of hydrogen-bond donors (Lipinski definition) is 2. The first kappa shape index (κ1) is 15.3. The molecule has 1 aromatic rings. The maximum absolute atomic E-state index is 12.7. The van der Waals surface area contributed by atoms with Gasteiger partial charge in [0.1, 0.15) is 0 Å². The summed E-state index contributed by atoms with van der Waals surface area (Å²) in [7, 11) is 0. The lowest BCUT2D eigenvalue weighted by Crippen LogP contribution is -2.47. The number of carbonyl (C=O) groups is 1. The molecule has 112 valence electrons. The largest absolute Gasteiger partial charge is 0.391 e. The van der Waals surface area contributed by atoms with Gasteiger partial charge in [-0.05, 0) is 31.9 Å². The lowest BCUT2D eigenvalue weighted by molar-refractivity contribution is 0.0310. The zero-order valence-corrected chi connectivity index (χ0v) is 12.1. The lowest BCUT2D eigenvalue weighted by Gasteiger charge is -2.36. The van der Waals surface area contributed by atoms with Gasteiger partial charge in [-0.3, -0.25) is 4.79 Å². The molecule has 6 heteroatoms. The van der Waals surface area contributed by atoms with Crippen molar-refractivity contribution < 1.29 is 9.90 Å². The minimum Gasteiger partial charge on any atom is -0.391 e. The number of azo groups is 1. The molecule has 0 radical (unpaired) electrons. The summed E-state index contributed by atoms with van der Waals surface area (Å²) in [4.78, 5) is 14.4. The van der Waals surface area contributed by atoms with Gasteiger partial charge in [0.25, 0.3) is 5.91 Å². The quantitative estimate of drug-likeness (QED) is 0.658. The zero-order chi connectivity index (χ0) is 15.2. The highest BCUT2D eigenvalue weighted by atomic mass is 16.3. The fourth-order valence-corrected chi connectivity index (χ4v) is 2.43. The second-order valence-corrected chi connectivity index (χ2v) is 5.18. The molecule has 21 heavy (non-hydrogen) atoms. The Kier molecular flexibility index (Phi) is 5.16. The Morgan fingerprint density at radius 3 is 3.00 bits per heavy atom. The van der Waals surface area contributed by atoms with E-state index in [0.717, 1.165) is 19.1 Å². The van der Waals surface area contributed by atoms with Crippen LogP contribution in [-0.2, 0) is 0 Å². The number of nitrogens with zero attached hydrogens (tertiary/aromatic N) is 3. The molecular formula is C15H20N4O2. The third kappa shape index (κ3) is 3.72. The van der Waals surface area contributed by atoms with Crippen molar-refractivity contribution in [2.24, 2.45) is 10.2 Å². The van der Waals surface area contributed by atoms with Crippen molar-refractivity contribution in [3.63, 3.8) is 0 Å². The Labute approximate surface area is 124 Å². The topological polar surface area (TPSA) is 89.1 Å². The van der Waals surface area contributed by atoms with Gasteiger partial charge in [-0.15, -0.1) is 0 Å². The molecule has 1 fully saturated rings. The van der Waals surface area contributed by atoms with E-state index in [4.69, 9.17) is 5.41 Å². The first-order chi connectivity index (χ1) is 10.1. The van der Waals surface area contributed by atoms with E-state index in [-0.39, 0.29) is 18.5 Å². The number of hydrogen-bond acceptors (Lipinski definition) is 5. The molecule has 1 heterocycles. The van der Waals surface area contributed by atoms with Crippen molar-refractivity contribution in [3.8, 4) is 0 Å². The van der Waals surface area contributed by atoms with Gasteiger partial charge in [-0.2, -0.15) is 10.2 Å². The first-order valence-corrected chi connectivity index (χ1v) is 7.08. The highest BCUT2D eigenvalue weighted by Gasteiger charge is 2.29. The Morgan fingerprint density at radius 1 is 1.48 bits per heavy atom. The predicted octanol–water partition coefficient (Wildman–Crippen LogP) is 2.41. The summed E-state index contributed by atoms with van der Waals surface area (Å²) in [6.07, 6.45) is 2.21. The Balaban J connectivity index is 2.24. The van der Waals surface area contributed by atoms with Crippen LogP contribution in [0.15, 0.2) is 34.5 Å². The molecule has 1 aliphatic heterocycles. The fraction of sp³-hybridized carbons (Fsp3) is 0.467. The molecule has 2 unspecified atom stereocenters. The number of aliphatic hydroxyl groups excluding tert-OH is 1. The van der Waals surface area contributed by atoms with E-state index in [1.165, 1.54) is 0 Å². The highest BCUT2D eigenvalue weighted by molar-refractivity contribution is 5.99. The van der Waals surface area contributed by atoms with Crippen molar-refractivity contribution >= 4 is 17.8 Å². The van der Waals surface area contributed by atoms with Crippen LogP contribution in [-0.4, -0.2) is 47.4 Å². The van der Waals surface area contributed by atoms with E-state index in [1.54, 1.807) is 29.2 Å². The van der Waals surface area contributed by atoms with Gasteiger partial charge in [0.2, 0.25) is 0 Å². The summed E-state index contributed by atoms with van der Waals surface area (Å²) in [6, 6.07) is 7.13. The van der Waals surface area contributed by atoms with Crippen LogP contribution in [0.25, 0.3) is 0 Å². The van der Waals surface area contributed by atoms with Crippen molar-refractivity contribution in [1.29, 1.82) is 5.41 Å². The van der Waals surface area contributed by atoms with Gasteiger partial charge in [-0.1, -0.05) is 12.1 Å². The van der Waals surface area contributed by atoms with Crippen LogP contribution in [0, 0.1) is 5.41 Å². The van der Waals surface area contributed by atoms with E-state index < -0.39 is 6.10 Å². The first-order valence-electron chi connectivity index (χ1n) is 7.08. The molecule has 1 saturated heterocycles. The van der Waals surface area contributed by atoms with Crippen LogP contribution in [0.1, 0.15) is 30.1 Å². The summed E-state index contributed by atoms with van der Waals surface area (Å²) >= 11 is 0. The Morgan fingerprint density at radius 2 is 2.24 bits per heavy atom. The molecule has 0 aromatic heterocycles. The predicted molar refractivity (Wildman–Crippen MR) is 80.3 cm³/mol. The molecule has 0 aliphatic carbocycles. The molecular weight excluding hydrogens is 268 g/mol. The van der Waals surface area contributed by atoms with E-state index in [1.807, 2.05) is 6.92 Å². The number of rotatable bonds is 4. The fourth-order valence-electron chi connectivity index (χ4n) is 2.43. The van der Waals surface area contributed by atoms with Crippen molar-refractivity contribution in [2.45, 2.75) is 31.9 Å². The molecule has 6 nitrogen and oxygen atoms in total. The lowest BCUT2D eigenvalue weighted by atomic mass is 10.00. The van der Waals surface area contributed by atoms with Gasteiger partial charge in [0.05, 0.1) is 23.9 Å². The Hall–Kier alpha value is -2.08. The number of likely N-dealkylation sites (tertiary alicyclic amines) is 1. The summed E-state index contributed by atoms with van der Waals surface area (Å²) in [6.45, 7) is 2.54. The molecule has 1 aromatic carbocycles. The third-order valence-electron chi connectivity index (χ3n) is 3.60. The van der Waals surface area contributed by atoms with Crippen LogP contribution in [0.5, 0.6) is 0 Å². The summed E-state index contributed by atoms with van der Waals surface area (Å²) < 4.78 is 0. The van der Waals surface area contributed by atoms with Crippen LogP contribution in [0.2, 0.25) is 0 Å². The van der Waals surface area contributed by atoms with Crippen molar-refractivity contribution in [1.82, 2.24) is 4.90 Å². The molecule has 2 N–H and O–H groups in total. The van der Waals surface area contributed by atoms with Gasteiger partial charge < -0.3 is 15.4 Å². The highest BCUT2D eigenvalue weighted by Crippen LogP contribution is 2.25. The van der Waals surface area contributed by atoms with E-state index in [9.17, 15) is 9.90 Å². The molecule has 0 saturated carbocycles. The smallest absolute Gasteiger partial charge is 0.256 e. The monoisotopic (exact) mass is 288 g/mol. The molecule has 2 rings (SSSR count). The van der Waals surface area contributed by atoms with Crippen LogP contribution in [0.3, 0.4) is 0 Å². The molecule has 2 atom stereocenters. The van der Waals surface area contributed by atoms with Crippen molar-refractivity contribution in [3.05, 3.63) is 29.8 Å². The number of benzene rings is 1. The number of amides is 1. The second-order valence-electron chi connectivity index (χ2n) is 5.18. The average Bonchev–Trinajstić information content (AvgIpc) is 2.50. The summed E-state index contributed by atoms with van der Waals surface area (Å²) in [5.74, 6) is -0.134. The second kappa shape index (κ2) is 7.08. The van der Waals surface area contributed by atoms with Crippen molar-refractivity contribution in [2.75, 3.05) is 13.1 Å². The average molecular weight is 288 g/mol. The number of nitrogens with one attached hydrogen (secondary N) is 1. The number of piperidine rings is 1. The van der Waals surface area contributed by atoms with Gasteiger partial charge in [0.15, 0.2) is 0 Å². The van der Waals surface area contributed by atoms with E-state index >= 15 is 0 Å². The van der Waals surface area contributed by atoms with Crippen LogP contribution >= 0.6 is 0 Å². The third-order valence-corrected chi connectivity index (χ3v) is 3.60. The molecule has 1 aliphatic rings. The van der Waals surface area contributed by atoms with Gasteiger partial charge >= 0.3 is 0 Å². The number of carbonyl (C=O) groups excluding carboxylic acids is 1. The minimum atomic E-state index is -0.461. The number of β-amino-alcohol motifs (C(OH)–C–C–N with tert-alkyl or cyclic N) is 1. The summed E-state index contributed by atoms with van der Waals surface area (Å²) in [5.41, 5.74) is 0.976. The SMILES string of the molecule is CC1CCC(O)CN1C(=O)c1ccccc1N=NCC=N. The normalized spacial score (nSPS) is 22.5. The molecule has 0 bridgehead atoms. The number of aliphatic hydroxyl groups is 1. The van der Waals surface area contributed by atoms with Crippen LogP contribution in [0.4, 0.5) is 5.69 Å². The maximum atomic E-state index is 12.7. The standard InChI is InChI=1S/C15H20N4O2/c1-11-6-7-12(20)10-19(11)15(21)13-4-2-3-5-14(13)18-17-9-8-16/h2-5,8,11-12,16,20H,6-7,9-10H2,1H3. The maximum Gasteiger partial charge on any atom is 0.256 e. The van der Waals surface area contributed by atoms with E-state index in [0.29, 0.717) is 17.8 Å². The van der Waals surface area contributed by atoms with E-state index in [2.05, 4.69) is 10.2 Å². The molecule has 1 amide bonds. The van der Waals surface area contributed by atoms with Gasteiger partial charge in [-0.25, -0.2) is 0 Å². The van der Waals surface area contributed by atoms with Crippen LogP contribution < -0.4 is 0 Å².